The van der Waals surface area contributed by atoms with E-state index in [-0.39, 0.29) is 19.1 Å². The minimum atomic E-state index is -1.09. The molecule has 7 nitrogen and oxygen atoms in total. The van der Waals surface area contributed by atoms with E-state index in [0.29, 0.717) is 26.1 Å². The molecule has 0 bridgehead atoms. The van der Waals surface area contributed by atoms with Crippen LogP contribution in [0.3, 0.4) is 0 Å². The van der Waals surface area contributed by atoms with Gasteiger partial charge in [0.05, 0.1) is 38.1 Å². The Labute approximate surface area is 111 Å². The standard InChI is InChI=1S/C12H22O7/c13-4-10-12(16)9(15)3-11(19-10)18-6-8-2-1-7(14)5-17-8/h7-16H,1-6H2/t7?,8?,9?,10?,11-,12-/m0/s1. The summed E-state index contributed by atoms with van der Waals surface area (Å²) >= 11 is 0. The summed E-state index contributed by atoms with van der Waals surface area (Å²) in [6.45, 7) is 0.239. The number of aliphatic hydroxyl groups excluding tert-OH is 4. The molecular formula is C12H22O7. The summed E-state index contributed by atoms with van der Waals surface area (Å²) in [5, 5.41) is 37.5. The van der Waals surface area contributed by atoms with Gasteiger partial charge >= 0.3 is 0 Å². The van der Waals surface area contributed by atoms with E-state index in [1.54, 1.807) is 0 Å². The van der Waals surface area contributed by atoms with Crippen molar-refractivity contribution in [2.75, 3.05) is 19.8 Å². The van der Waals surface area contributed by atoms with Crippen LogP contribution < -0.4 is 0 Å². The predicted octanol–water partition coefficient (Wildman–Crippen LogP) is -1.63. The maximum absolute atomic E-state index is 9.64. The van der Waals surface area contributed by atoms with E-state index in [1.165, 1.54) is 0 Å². The molecule has 2 aliphatic rings. The van der Waals surface area contributed by atoms with Crippen molar-refractivity contribution in [3.8, 4) is 0 Å². The van der Waals surface area contributed by atoms with Crippen LogP contribution in [-0.2, 0) is 14.2 Å². The van der Waals surface area contributed by atoms with Crippen molar-refractivity contribution in [2.45, 2.75) is 56.1 Å². The molecule has 0 aliphatic carbocycles. The summed E-state index contributed by atoms with van der Waals surface area (Å²) in [5.41, 5.74) is 0. The van der Waals surface area contributed by atoms with E-state index < -0.39 is 30.7 Å². The molecule has 4 N–H and O–H groups in total. The van der Waals surface area contributed by atoms with Gasteiger partial charge in [0.15, 0.2) is 6.29 Å². The van der Waals surface area contributed by atoms with Crippen LogP contribution in [0.2, 0.25) is 0 Å². The highest BCUT2D eigenvalue weighted by atomic mass is 16.7. The van der Waals surface area contributed by atoms with Gasteiger partial charge in [-0.15, -0.1) is 0 Å². The Bertz CT molecular complexity index is 267. The Kier molecular flexibility index (Phi) is 5.52. The molecular weight excluding hydrogens is 256 g/mol. The second-order valence-electron chi connectivity index (χ2n) is 5.10. The van der Waals surface area contributed by atoms with Crippen LogP contribution in [0.15, 0.2) is 0 Å². The molecule has 0 saturated carbocycles. The van der Waals surface area contributed by atoms with Gasteiger partial charge in [-0.05, 0) is 12.8 Å². The topological polar surface area (TPSA) is 109 Å². The number of rotatable bonds is 4. The molecule has 2 fully saturated rings. The van der Waals surface area contributed by atoms with Gasteiger partial charge in [-0.1, -0.05) is 0 Å². The lowest BCUT2D eigenvalue weighted by Crippen LogP contribution is -2.51. The zero-order chi connectivity index (χ0) is 13.8. The fraction of sp³-hybridized carbons (Fsp3) is 1.00. The first-order chi connectivity index (χ1) is 9.10. The Morgan fingerprint density at radius 3 is 2.58 bits per heavy atom. The van der Waals surface area contributed by atoms with Crippen LogP contribution in [0.1, 0.15) is 19.3 Å². The minimum absolute atomic E-state index is 0.0939. The molecule has 0 radical (unpaired) electrons. The van der Waals surface area contributed by atoms with Gasteiger partial charge in [0.1, 0.15) is 12.2 Å². The van der Waals surface area contributed by atoms with Crippen molar-refractivity contribution in [1.29, 1.82) is 0 Å². The molecule has 6 atom stereocenters. The number of hydrogen-bond acceptors (Lipinski definition) is 7. The average Bonchev–Trinajstić information content (AvgIpc) is 2.41. The highest BCUT2D eigenvalue weighted by molar-refractivity contribution is 4.82. The van der Waals surface area contributed by atoms with Crippen molar-refractivity contribution in [1.82, 2.24) is 0 Å². The fourth-order valence-corrected chi connectivity index (χ4v) is 2.31. The van der Waals surface area contributed by atoms with E-state index >= 15 is 0 Å². The van der Waals surface area contributed by atoms with E-state index in [9.17, 15) is 15.3 Å². The molecule has 4 unspecified atom stereocenters. The van der Waals surface area contributed by atoms with Gasteiger partial charge < -0.3 is 34.6 Å². The summed E-state index contributed by atoms with van der Waals surface area (Å²) in [7, 11) is 0. The molecule has 112 valence electrons. The minimum Gasteiger partial charge on any atom is -0.394 e. The molecule has 2 heterocycles. The molecule has 0 aromatic carbocycles. The highest BCUT2D eigenvalue weighted by Gasteiger charge is 2.37. The SMILES string of the molecule is OCC1O[C@H](OCC2CCC(O)CO2)CC(O)[C@@H]1O. The smallest absolute Gasteiger partial charge is 0.160 e. The van der Waals surface area contributed by atoms with Crippen molar-refractivity contribution < 1.29 is 34.6 Å². The third kappa shape index (κ3) is 4.09. The van der Waals surface area contributed by atoms with Crippen molar-refractivity contribution >= 4 is 0 Å². The maximum Gasteiger partial charge on any atom is 0.160 e. The van der Waals surface area contributed by atoms with Gasteiger partial charge in [0.2, 0.25) is 0 Å². The Hall–Kier alpha value is -0.280. The predicted molar refractivity (Wildman–Crippen MR) is 63.3 cm³/mol. The molecule has 0 aromatic heterocycles. The zero-order valence-electron chi connectivity index (χ0n) is 10.7. The average molecular weight is 278 g/mol. The van der Waals surface area contributed by atoms with Gasteiger partial charge in [0, 0.05) is 6.42 Å². The first-order valence-electron chi connectivity index (χ1n) is 6.64. The van der Waals surface area contributed by atoms with Gasteiger partial charge in [-0.2, -0.15) is 0 Å². The van der Waals surface area contributed by atoms with E-state index in [4.69, 9.17) is 19.3 Å². The Balaban J connectivity index is 1.73. The Morgan fingerprint density at radius 2 is 1.95 bits per heavy atom. The molecule has 2 rings (SSSR count). The lowest BCUT2D eigenvalue weighted by Gasteiger charge is -2.37. The highest BCUT2D eigenvalue weighted by Crippen LogP contribution is 2.22. The molecule has 0 spiro atoms. The summed E-state index contributed by atoms with van der Waals surface area (Å²) in [5.74, 6) is 0. The largest absolute Gasteiger partial charge is 0.394 e. The first-order valence-corrected chi connectivity index (χ1v) is 6.64. The van der Waals surface area contributed by atoms with Crippen molar-refractivity contribution in [3.05, 3.63) is 0 Å². The van der Waals surface area contributed by atoms with Crippen LogP contribution in [0.5, 0.6) is 0 Å². The number of ether oxygens (including phenoxy) is 3. The summed E-state index contributed by atoms with van der Waals surface area (Å²) in [6.07, 6.45) is -2.50. The quantitative estimate of drug-likeness (QED) is 0.489. The van der Waals surface area contributed by atoms with Crippen molar-refractivity contribution in [2.24, 2.45) is 0 Å². The first kappa shape index (κ1) is 15.1. The van der Waals surface area contributed by atoms with E-state index in [1.807, 2.05) is 0 Å². The molecule has 2 aliphatic heterocycles. The zero-order valence-corrected chi connectivity index (χ0v) is 10.7. The Morgan fingerprint density at radius 1 is 1.16 bits per heavy atom. The second kappa shape index (κ2) is 6.94. The maximum atomic E-state index is 9.64. The molecule has 2 saturated heterocycles. The lowest BCUT2D eigenvalue weighted by atomic mass is 10.0. The van der Waals surface area contributed by atoms with Crippen LogP contribution in [-0.4, -0.2) is 77.1 Å². The van der Waals surface area contributed by atoms with Crippen molar-refractivity contribution in [3.63, 3.8) is 0 Å². The van der Waals surface area contributed by atoms with Crippen LogP contribution in [0.25, 0.3) is 0 Å². The van der Waals surface area contributed by atoms with Gasteiger partial charge in [0.25, 0.3) is 0 Å². The lowest BCUT2D eigenvalue weighted by molar-refractivity contribution is -0.264. The summed E-state index contributed by atoms with van der Waals surface area (Å²) < 4.78 is 16.2. The van der Waals surface area contributed by atoms with Crippen LogP contribution in [0, 0.1) is 0 Å². The van der Waals surface area contributed by atoms with Gasteiger partial charge in [-0.3, -0.25) is 0 Å². The third-order valence-electron chi connectivity index (χ3n) is 3.53. The molecule has 7 heteroatoms. The summed E-state index contributed by atoms with van der Waals surface area (Å²) in [6, 6.07) is 0. The fourth-order valence-electron chi connectivity index (χ4n) is 2.31. The monoisotopic (exact) mass is 278 g/mol. The van der Waals surface area contributed by atoms with E-state index in [0.717, 1.165) is 0 Å². The van der Waals surface area contributed by atoms with Gasteiger partial charge in [-0.25, -0.2) is 0 Å². The van der Waals surface area contributed by atoms with Crippen LogP contribution >= 0.6 is 0 Å². The normalized spacial score (nSPS) is 44.2. The number of aliphatic hydroxyl groups is 4. The molecule has 0 amide bonds. The van der Waals surface area contributed by atoms with E-state index in [2.05, 4.69) is 0 Å². The second-order valence-corrected chi connectivity index (χ2v) is 5.10. The van der Waals surface area contributed by atoms with Crippen LogP contribution in [0.4, 0.5) is 0 Å². The number of hydrogen-bond donors (Lipinski definition) is 4. The third-order valence-corrected chi connectivity index (χ3v) is 3.53. The molecule has 0 aromatic rings. The summed E-state index contributed by atoms with van der Waals surface area (Å²) in [4.78, 5) is 0. The molecule has 19 heavy (non-hydrogen) atoms.